The first-order chi connectivity index (χ1) is 8.17. The Morgan fingerprint density at radius 1 is 1.12 bits per heavy atom. The number of hydrogen-bond donors (Lipinski definition) is 0. The summed E-state index contributed by atoms with van der Waals surface area (Å²) in [6.45, 7) is 5.01. The van der Waals surface area contributed by atoms with Crippen molar-refractivity contribution in [1.29, 1.82) is 0 Å². The summed E-state index contributed by atoms with van der Waals surface area (Å²) in [5.41, 5.74) is 1.91. The number of piperidine rings is 1. The van der Waals surface area contributed by atoms with Crippen LogP contribution < -0.4 is 0 Å². The Morgan fingerprint density at radius 3 is 2.24 bits per heavy atom. The third kappa shape index (κ3) is 2.43. The van der Waals surface area contributed by atoms with Crippen LogP contribution in [0, 0.1) is 0 Å². The standard InChI is InChI=1S/C15H20BrN/c1-15(12-2-4-13(16)5-3-12)8-10-17(11-9-15)14-6-7-14/h2-5,14H,6-11H2,1H3. The molecular formula is C15H20BrN. The first-order valence-electron chi connectivity index (χ1n) is 6.67. The van der Waals surface area contributed by atoms with Crippen LogP contribution in [-0.4, -0.2) is 24.0 Å². The summed E-state index contributed by atoms with van der Waals surface area (Å²) in [6, 6.07) is 9.86. The fraction of sp³-hybridized carbons (Fsp3) is 0.600. The number of likely N-dealkylation sites (tertiary alicyclic amines) is 1. The minimum atomic E-state index is 0.395. The van der Waals surface area contributed by atoms with E-state index in [1.165, 1.54) is 48.8 Å². The first-order valence-corrected chi connectivity index (χ1v) is 7.47. The van der Waals surface area contributed by atoms with Crippen molar-refractivity contribution in [3.8, 4) is 0 Å². The monoisotopic (exact) mass is 293 g/mol. The summed E-state index contributed by atoms with van der Waals surface area (Å²) < 4.78 is 1.18. The molecule has 1 nitrogen and oxygen atoms in total. The molecule has 3 rings (SSSR count). The molecule has 2 heteroatoms. The maximum Gasteiger partial charge on any atom is 0.0175 e. The smallest absolute Gasteiger partial charge is 0.0175 e. The van der Waals surface area contributed by atoms with Crippen LogP contribution in [0.4, 0.5) is 0 Å². The summed E-state index contributed by atoms with van der Waals surface area (Å²) in [5.74, 6) is 0. The molecule has 1 aliphatic heterocycles. The molecule has 17 heavy (non-hydrogen) atoms. The number of halogens is 1. The second-order valence-corrected chi connectivity index (χ2v) is 6.75. The highest BCUT2D eigenvalue weighted by atomic mass is 79.9. The van der Waals surface area contributed by atoms with E-state index in [0.29, 0.717) is 5.41 Å². The molecule has 0 spiro atoms. The molecule has 1 saturated heterocycles. The van der Waals surface area contributed by atoms with Gasteiger partial charge in [-0.15, -0.1) is 0 Å². The highest BCUT2D eigenvalue weighted by Gasteiger charge is 2.37. The van der Waals surface area contributed by atoms with Crippen molar-refractivity contribution in [2.75, 3.05) is 13.1 Å². The van der Waals surface area contributed by atoms with E-state index in [9.17, 15) is 0 Å². The van der Waals surface area contributed by atoms with Gasteiger partial charge in [0.2, 0.25) is 0 Å². The molecule has 0 amide bonds. The molecule has 1 saturated carbocycles. The van der Waals surface area contributed by atoms with Gasteiger partial charge in [0.15, 0.2) is 0 Å². The van der Waals surface area contributed by atoms with E-state index in [0.717, 1.165) is 6.04 Å². The van der Waals surface area contributed by atoms with Gasteiger partial charge in [-0.1, -0.05) is 35.0 Å². The molecule has 92 valence electrons. The number of nitrogens with zero attached hydrogens (tertiary/aromatic N) is 1. The van der Waals surface area contributed by atoms with E-state index in [2.05, 4.69) is 52.0 Å². The number of hydrogen-bond acceptors (Lipinski definition) is 1. The van der Waals surface area contributed by atoms with Crippen molar-refractivity contribution in [1.82, 2.24) is 4.90 Å². The van der Waals surface area contributed by atoms with E-state index < -0.39 is 0 Å². The SMILES string of the molecule is CC1(c2ccc(Br)cc2)CCN(C2CC2)CC1. The molecule has 2 aliphatic rings. The van der Waals surface area contributed by atoms with Crippen molar-refractivity contribution in [2.45, 2.75) is 44.1 Å². The zero-order valence-electron chi connectivity index (χ0n) is 10.5. The molecular weight excluding hydrogens is 274 g/mol. The summed E-state index contributed by atoms with van der Waals surface area (Å²) in [6.07, 6.45) is 5.50. The Bertz CT molecular complexity index is 386. The Kier molecular flexibility index (Phi) is 3.04. The Hall–Kier alpha value is -0.340. The lowest BCUT2D eigenvalue weighted by molar-refractivity contribution is 0.161. The van der Waals surface area contributed by atoms with Crippen LogP contribution in [0.15, 0.2) is 28.7 Å². The fourth-order valence-electron chi connectivity index (χ4n) is 2.96. The van der Waals surface area contributed by atoms with E-state index in [1.54, 1.807) is 0 Å². The molecule has 1 heterocycles. The van der Waals surface area contributed by atoms with Gasteiger partial charge in [0.05, 0.1) is 0 Å². The highest BCUT2D eigenvalue weighted by Crippen LogP contribution is 2.38. The zero-order valence-corrected chi connectivity index (χ0v) is 12.0. The summed E-state index contributed by atoms with van der Waals surface area (Å²) in [7, 11) is 0. The average Bonchev–Trinajstić information content (AvgIpc) is 3.15. The molecule has 0 unspecified atom stereocenters. The van der Waals surface area contributed by atoms with E-state index >= 15 is 0 Å². The summed E-state index contributed by atoms with van der Waals surface area (Å²) in [4.78, 5) is 2.70. The Morgan fingerprint density at radius 2 is 1.71 bits per heavy atom. The second kappa shape index (κ2) is 4.40. The van der Waals surface area contributed by atoms with Gasteiger partial charge < -0.3 is 4.90 Å². The maximum absolute atomic E-state index is 3.52. The minimum absolute atomic E-state index is 0.395. The molecule has 0 aromatic heterocycles. The van der Waals surface area contributed by atoms with Crippen molar-refractivity contribution >= 4 is 15.9 Å². The molecule has 0 N–H and O–H groups in total. The lowest BCUT2D eigenvalue weighted by Gasteiger charge is -2.40. The van der Waals surface area contributed by atoms with E-state index in [-0.39, 0.29) is 0 Å². The number of rotatable bonds is 2. The molecule has 1 aliphatic carbocycles. The second-order valence-electron chi connectivity index (χ2n) is 5.83. The van der Waals surface area contributed by atoms with Gasteiger partial charge >= 0.3 is 0 Å². The molecule has 0 bridgehead atoms. The van der Waals surface area contributed by atoms with Crippen LogP contribution in [0.5, 0.6) is 0 Å². The minimum Gasteiger partial charge on any atom is -0.300 e. The number of benzene rings is 1. The predicted molar refractivity (Wildman–Crippen MR) is 75.3 cm³/mol. The Balaban J connectivity index is 1.71. The third-order valence-corrected chi connectivity index (χ3v) is 5.03. The van der Waals surface area contributed by atoms with E-state index in [4.69, 9.17) is 0 Å². The molecule has 0 atom stereocenters. The van der Waals surface area contributed by atoms with Gasteiger partial charge in [0.1, 0.15) is 0 Å². The Labute approximate surface area is 112 Å². The zero-order chi connectivity index (χ0) is 11.9. The lowest BCUT2D eigenvalue weighted by atomic mass is 9.74. The predicted octanol–water partition coefficient (Wildman–Crippen LogP) is 3.97. The van der Waals surface area contributed by atoms with Gasteiger partial charge in [0.25, 0.3) is 0 Å². The third-order valence-electron chi connectivity index (χ3n) is 4.51. The fourth-order valence-corrected chi connectivity index (χ4v) is 3.23. The van der Waals surface area contributed by atoms with Crippen LogP contribution in [0.1, 0.15) is 38.2 Å². The molecule has 1 aromatic rings. The van der Waals surface area contributed by atoms with Crippen LogP contribution in [0.25, 0.3) is 0 Å². The largest absolute Gasteiger partial charge is 0.300 e. The van der Waals surface area contributed by atoms with Crippen LogP contribution in [-0.2, 0) is 5.41 Å². The summed E-state index contributed by atoms with van der Waals surface area (Å²) in [5, 5.41) is 0. The average molecular weight is 294 g/mol. The topological polar surface area (TPSA) is 3.24 Å². The highest BCUT2D eigenvalue weighted by molar-refractivity contribution is 9.10. The van der Waals surface area contributed by atoms with Gasteiger partial charge in [-0.3, -0.25) is 0 Å². The van der Waals surface area contributed by atoms with Crippen LogP contribution in [0.2, 0.25) is 0 Å². The van der Waals surface area contributed by atoms with Gasteiger partial charge in [-0.05, 0) is 61.9 Å². The normalized spacial score (nSPS) is 24.8. The molecule has 2 fully saturated rings. The van der Waals surface area contributed by atoms with Crippen molar-refractivity contribution in [2.24, 2.45) is 0 Å². The quantitative estimate of drug-likeness (QED) is 0.798. The van der Waals surface area contributed by atoms with Crippen molar-refractivity contribution < 1.29 is 0 Å². The summed E-state index contributed by atoms with van der Waals surface area (Å²) >= 11 is 3.52. The van der Waals surface area contributed by atoms with Gasteiger partial charge in [0, 0.05) is 10.5 Å². The van der Waals surface area contributed by atoms with E-state index in [1.807, 2.05) is 0 Å². The van der Waals surface area contributed by atoms with Crippen LogP contribution >= 0.6 is 15.9 Å². The first kappa shape index (κ1) is 11.7. The van der Waals surface area contributed by atoms with Crippen LogP contribution in [0.3, 0.4) is 0 Å². The molecule has 1 aromatic carbocycles. The van der Waals surface area contributed by atoms with Gasteiger partial charge in [-0.2, -0.15) is 0 Å². The van der Waals surface area contributed by atoms with Crippen molar-refractivity contribution in [3.63, 3.8) is 0 Å². The van der Waals surface area contributed by atoms with Crippen molar-refractivity contribution in [3.05, 3.63) is 34.3 Å². The molecule has 0 radical (unpaired) electrons. The maximum atomic E-state index is 3.52. The lowest BCUT2D eigenvalue weighted by Crippen LogP contribution is -2.41. The van der Waals surface area contributed by atoms with Gasteiger partial charge in [-0.25, -0.2) is 0 Å².